The van der Waals surface area contributed by atoms with Crippen LogP contribution in [-0.4, -0.2) is 43.7 Å². The minimum absolute atomic E-state index is 0.0821. The number of carbonyl (C=O) groups is 1. The molecule has 0 aliphatic carbocycles. The topological polar surface area (TPSA) is 93.9 Å². The maximum atomic E-state index is 12.1. The van der Waals surface area contributed by atoms with Crippen molar-refractivity contribution in [3.05, 3.63) is 56.6 Å². The predicted octanol–water partition coefficient (Wildman–Crippen LogP) is 3.76. The minimum Gasteiger partial charge on any atom is -0.482 e. The van der Waals surface area contributed by atoms with E-state index in [4.69, 9.17) is 32.7 Å². The number of anilines is 2. The summed E-state index contributed by atoms with van der Waals surface area (Å²) >= 11 is 11.8. The maximum Gasteiger partial charge on any atom is 0.294 e. The molecule has 1 heterocycles. The standard InChI is InChI=1S/C18H17Cl2N3O5/c19-12-1-4-17(14(20)9-12)28-11-18(24)21-13-2-3-15(16(10-13)23(25)26)22-5-7-27-8-6-22/h1-4,9-10H,5-8,11H2,(H,21,24). The van der Waals surface area contributed by atoms with Gasteiger partial charge in [0.15, 0.2) is 6.61 Å². The van der Waals surface area contributed by atoms with Crippen molar-refractivity contribution in [2.75, 3.05) is 43.1 Å². The highest BCUT2D eigenvalue weighted by atomic mass is 35.5. The Morgan fingerprint density at radius 1 is 1.21 bits per heavy atom. The highest BCUT2D eigenvalue weighted by molar-refractivity contribution is 6.35. The molecule has 0 saturated carbocycles. The molecule has 1 saturated heterocycles. The molecular weight excluding hydrogens is 409 g/mol. The van der Waals surface area contributed by atoms with E-state index in [0.29, 0.717) is 48.5 Å². The Morgan fingerprint density at radius 2 is 1.96 bits per heavy atom. The Hall–Kier alpha value is -2.55. The lowest BCUT2D eigenvalue weighted by molar-refractivity contribution is -0.384. The average Bonchev–Trinajstić information content (AvgIpc) is 2.68. The minimum atomic E-state index is -0.473. The number of morpholine rings is 1. The number of hydrogen-bond acceptors (Lipinski definition) is 6. The molecule has 0 unspecified atom stereocenters. The fourth-order valence-electron chi connectivity index (χ4n) is 2.75. The summed E-state index contributed by atoms with van der Waals surface area (Å²) < 4.78 is 10.6. The molecular formula is C18H17Cl2N3O5. The summed E-state index contributed by atoms with van der Waals surface area (Å²) in [7, 11) is 0. The SMILES string of the molecule is O=C(COc1ccc(Cl)cc1Cl)Nc1ccc(N2CCOCC2)c([N+](=O)[O-])c1. The van der Waals surface area contributed by atoms with Crippen LogP contribution in [0.3, 0.4) is 0 Å². The first-order valence-corrected chi connectivity index (χ1v) is 9.18. The van der Waals surface area contributed by atoms with Gasteiger partial charge in [0.1, 0.15) is 11.4 Å². The first kappa shape index (κ1) is 20.2. The van der Waals surface area contributed by atoms with E-state index in [9.17, 15) is 14.9 Å². The molecule has 1 aliphatic rings. The number of hydrogen-bond donors (Lipinski definition) is 1. The van der Waals surface area contributed by atoms with Gasteiger partial charge < -0.3 is 19.7 Å². The van der Waals surface area contributed by atoms with Crippen molar-refractivity contribution >= 4 is 46.2 Å². The zero-order valence-corrected chi connectivity index (χ0v) is 16.2. The molecule has 1 fully saturated rings. The number of halogens is 2. The molecule has 1 amide bonds. The van der Waals surface area contributed by atoms with Crippen LogP contribution in [0.4, 0.5) is 17.1 Å². The molecule has 10 heteroatoms. The van der Waals surface area contributed by atoms with Crippen LogP contribution in [-0.2, 0) is 9.53 Å². The summed E-state index contributed by atoms with van der Waals surface area (Å²) in [6, 6.07) is 9.22. The summed E-state index contributed by atoms with van der Waals surface area (Å²) in [5.74, 6) is -0.158. The van der Waals surface area contributed by atoms with Crippen molar-refractivity contribution in [1.82, 2.24) is 0 Å². The Labute approximate surface area is 171 Å². The van der Waals surface area contributed by atoms with Crippen molar-refractivity contribution in [2.24, 2.45) is 0 Å². The molecule has 0 spiro atoms. The van der Waals surface area contributed by atoms with E-state index in [2.05, 4.69) is 5.32 Å². The van der Waals surface area contributed by atoms with E-state index < -0.39 is 10.8 Å². The fraction of sp³-hybridized carbons (Fsp3) is 0.278. The zero-order chi connectivity index (χ0) is 20.1. The fourth-order valence-corrected chi connectivity index (χ4v) is 3.21. The Bertz CT molecular complexity index is 888. The molecule has 148 valence electrons. The molecule has 8 nitrogen and oxygen atoms in total. The number of nitro benzene ring substituents is 1. The van der Waals surface area contributed by atoms with Crippen molar-refractivity contribution in [3.63, 3.8) is 0 Å². The summed E-state index contributed by atoms with van der Waals surface area (Å²) in [6.07, 6.45) is 0. The van der Waals surface area contributed by atoms with Crippen molar-refractivity contribution < 1.29 is 19.2 Å². The van der Waals surface area contributed by atoms with E-state index in [1.165, 1.54) is 12.1 Å². The summed E-state index contributed by atoms with van der Waals surface area (Å²) in [6.45, 7) is 1.87. The lowest BCUT2D eigenvalue weighted by atomic mass is 10.2. The van der Waals surface area contributed by atoms with E-state index in [0.717, 1.165) is 0 Å². The third kappa shape index (κ3) is 5.03. The number of nitro groups is 1. The molecule has 0 atom stereocenters. The second-order valence-corrected chi connectivity index (χ2v) is 6.82. The first-order valence-electron chi connectivity index (χ1n) is 8.43. The summed E-state index contributed by atoms with van der Waals surface area (Å²) in [4.78, 5) is 25.0. The van der Waals surface area contributed by atoms with Gasteiger partial charge in [-0.05, 0) is 30.3 Å². The monoisotopic (exact) mass is 425 g/mol. The third-order valence-electron chi connectivity index (χ3n) is 4.06. The van der Waals surface area contributed by atoms with Gasteiger partial charge in [0.05, 0.1) is 23.2 Å². The number of amides is 1. The number of benzene rings is 2. The number of carbonyl (C=O) groups excluding carboxylic acids is 1. The second-order valence-electron chi connectivity index (χ2n) is 5.97. The van der Waals surface area contributed by atoms with Gasteiger partial charge >= 0.3 is 0 Å². The molecule has 1 N–H and O–H groups in total. The van der Waals surface area contributed by atoms with Crippen molar-refractivity contribution in [1.29, 1.82) is 0 Å². The number of nitrogens with one attached hydrogen (secondary N) is 1. The van der Waals surface area contributed by atoms with Gasteiger partial charge in [-0.1, -0.05) is 23.2 Å². The first-order chi connectivity index (χ1) is 13.4. The average molecular weight is 426 g/mol. The van der Waals surface area contributed by atoms with Crippen LogP contribution in [0.1, 0.15) is 0 Å². The van der Waals surface area contributed by atoms with E-state index in [1.54, 1.807) is 24.3 Å². The molecule has 0 radical (unpaired) electrons. The van der Waals surface area contributed by atoms with Gasteiger partial charge in [-0.3, -0.25) is 14.9 Å². The van der Waals surface area contributed by atoms with Crippen LogP contribution in [0.15, 0.2) is 36.4 Å². The van der Waals surface area contributed by atoms with Gasteiger partial charge in [-0.25, -0.2) is 0 Å². The molecule has 1 aliphatic heterocycles. The van der Waals surface area contributed by atoms with Gasteiger partial charge in [-0.2, -0.15) is 0 Å². The van der Waals surface area contributed by atoms with Crippen molar-refractivity contribution in [2.45, 2.75) is 0 Å². The van der Waals surface area contributed by atoms with Gasteiger partial charge in [0, 0.05) is 29.9 Å². The predicted molar refractivity (Wildman–Crippen MR) is 107 cm³/mol. The van der Waals surface area contributed by atoms with E-state index in [-0.39, 0.29) is 17.3 Å². The number of nitrogens with zero attached hydrogens (tertiary/aromatic N) is 2. The molecule has 2 aromatic carbocycles. The number of ether oxygens (including phenoxy) is 2. The lowest BCUT2D eigenvalue weighted by Crippen LogP contribution is -2.36. The normalized spacial score (nSPS) is 13.9. The largest absolute Gasteiger partial charge is 0.482 e. The third-order valence-corrected chi connectivity index (χ3v) is 4.59. The molecule has 2 aromatic rings. The van der Waals surface area contributed by atoms with Gasteiger partial charge in [0.25, 0.3) is 11.6 Å². The second kappa shape index (κ2) is 9.09. The smallest absolute Gasteiger partial charge is 0.294 e. The zero-order valence-electron chi connectivity index (χ0n) is 14.7. The lowest BCUT2D eigenvalue weighted by Gasteiger charge is -2.28. The van der Waals surface area contributed by atoms with Crippen LogP contribution in [0, 0.1) is 10.1 Å². The van der Waals surface area contributed by atoms with Crippen LogP contribution in [0.25, 0.3) is 0 Å². The van der Waals surface area contributed by atoms with Crippen molar-refractivity contribution in [3.8, 4) is 5.75 Å². The van der Waals surface area contributed by atoms with Gasteiger partial charge in [0.2, 0.25) is 0 Å². The molecule has 3 rings (SSSR count). The molecule has 0 bridgehead atoms. The summed E-state index contributed by atoms with van der Waals surface area (Å²) in [5.41, 5.74) is 0.719. The highest BCUT2D eigenvalue weighted by Gasteiger charge is 2.22. The van der Waals surface area contributed by atoms with Crippen LogP contribution in [0.5, 0.6) is 5.75 Å². The maximum absolute atomic E-state index is 12.1. The van der Waals surface area contributed by atoms with E-state index in [1.807, 2.05) is 4.90 Å². The molecule has 28 heavy (non-hydrogen) atoms. The van der Waals surface area contributed by atoms with Crippen LogP contribution < -0.4 is 15.0 Å². The van der Waals surface area contributed by atoms with E-state index >= 15 is 0 Å². The highest BCUT2D eigenvalue weighted by Crippen LogP contribution is 2.32. The molecule has 0 aromatic heterocycles. The summed E-state index contributed by atoms with van der Waals surface area (Å²) in [5, 5.41) is 14.8. The van der Waals surface area contributed by atoms with Crippen LogP contribution >= 0.6 is 23.2 Å². The number of rotatable bonds is 6. The Kier molecular flexibility index (Phi) is 6.56. The Morgan fingerprint density at radius 3 is 2.64 bits per heavy atom. The Balaban J connectivity index is 1.66. The van der Waals surface area contributed by atoms with Crippen LogP contribution in [0.2, 0.25) is 10.0 Å². The van der Waals surface area contributed by atoms with Gasteiger partial charge in [-0.15, -0.1) is 0 Å². The quantitative estimate of drug-likeness (QED) is 0.559.